The van der Waals surface area contributed by atoms with E-state index >= 15 is 0 Å². The van der Waals surface area contributed by atoms with Crippen LogP contribution in [0, 0.1) is 0 Å². The van der Waals surface area contributed by atoms with Gasteiger partial charge in [-0.1, -0.05) is 30.3 Å². The van der Waals surface area contributed by atoms with E-state index in [1.807, 2.05) is 42.6 Å². The third kappa shape index (κ3) is 2.10. The van der Waals surface area contributed by atoms with Crippen LogP contribution in [0.15, 0.2) is 65.8 Å². The standard InChI is InChI=1S/C16H13N5O/c22-15-9-13(11-20-8-4-7-17-20)19-16-14(10-18-21(15)16)12-5-2-1-3-6-12/h1-10,18H,11H2. The normalized spacial score (nSPS) is 11.1. The molecule has 0 fully saturated rings. The highest BCUT2D eigenvalue weighted by Crippen LogP contribution is 2.22. The molecule has 0 radical (unpaired) electrons. The SMILES string of the molecule is O=c1cc(Cn2cccn2)nc2c(-c3ccccc3)c[nH]n12. The van der Waals surface area contributed by atoms with Crippen molar-refractivity contribution in [2.75, 3.05) is 0 Å². The summed E-state index contributed by atoms with van der Waals surface area (Å²) in [5.74, 6) is 0. The number of hydrogen-bond acceptors (Lipinski definition) is 3. The van der Waals surface area contributed by atoms with Crippen molar-refractivity contribution in [3.05, 3.63) is 77.1 Å². The predicted molar refractivity (Wildman–Crippen MR) is 82.6 cm³/mol. The summed E-state index contributed by atoms with van der Waals surface area (Å²) in [4.78, 5) is 16.9. The van der Waals surface area contributed by atoms with Crippen molar-refractivity contribution in [3.8, 4) is 11.1 Å². The molecule has 22 heavy (non-hydrogen) atoms. The van der Waals surface area contributed by atoms with Crippen molar-refractivity contribution < 1.29 is 0 Å². The Morgan fingerprint density at radius 3 is 2.77 bits per heavy atom. The van der Waals surface area contributed by atoms with Gasteiger partial charge in [0.15, 0.2) is 5.65 Å². The molecule has 1 aromatic carbocycles. The number of benzene rings is 1. The maximum Gasteiger partial charge on any atom is 0.272 e. The van der Waals surface area contributed by atoms with Crippen LogP contribution in [-0.4, -0.2) is 24.4 Å². The van der Waals surface area contributed by atoms with Gasteiger partial charge in [-0.2, -0.15) is 5.10 Å². The van der Waals surface area contributed by atoms with Gasteiger partial charge in [-0.3, -0.25) is 14.6 Å². The van der Waals surface area contributed by atoms with Crippen LogP contribution in [0.5, 0.6) is 0 Å². The van der Waals surface area contributed by atoms with Gasteiger partial charge in [0.25, 0.3) is 5.56 Å². The number of H-pyrrole nitrogens is 1. The summed E-state index contributed by atoms with van der Waals surface area (Å²) in [7, 11) is 0. The average Bonchev–Trinajstić information content (AvgIpc) is 3.18. The van der Waals surface area contributed by atoms with Crippen LogP contribution in [0.4, 0.5) is 0 Å². The molecule has 108 valence electrons. The quantitative estimate of drug-likeness (QED) is 0.627. The van der Waals surface area contributed by atoms with E-state index in [-0.39, 0.29) is 5.56 Å². The molecule has 0 bridgehead atoms. The van der Waals surface area contributed by atoms with E-state index in [1.54, 1.807) is 17.1 Å². The Bertz CT molecular complexity index is 967. The molecule has 3 heterocycles. The van der Waals surface area contributed by atoms with E-state index in [4.69, 9.17) is 0 Å². The van der Waals surface area contributed by atoms with Crippen molar-refractivity contribution >= 4 is 5.65 Å². The van der Waals surface area contributed by atoms with Crippen molar-refractivity contribution in [3.63, 3.8) is 0 Å². The fourth-order valence-corrected chi connectivity index (χ4v) is 2.50. The Morgan fingerprint density at radius 2 is 2.00 bits per heavy atom. The van der Waals surface area contributed by atoms with Gasteiger partial charge in [-0.05, 0) is 11.6 Å². The van der Waals surface area contributed by atoms with E-state index in [9.17, 15) is 4.79 Å². The second kappa shape index (κ2) is 5.00. The fourth-order valence-electron chi connectivity index (χ4n) is 2.50. The minimum absolute atomic E-state index is 0.130. The number of nitrogens with zero attached hydrogens (tertiary/aromatic N) is 4. The maximum absolute atomic E-state index is 12.2. The van der Waals surface area contributed by atoms with Gasteiger partial charge < -0.3 is 0 Å². The smallest absolute Gasteiger partial charge is 0.272 e. The Hall–Kier alpha value is -3.15. The van der Waals surface area contributed by atoms with Crippen LogP contribution in [0.3, 0.4) is 0 Å². The molecule has 4 rings (SSSR count). The van der Waals surface area contributed by atoms with E-state index in [0.29, 0.717) is 17.9 Å². The van der Waals surface area contributed by atoms with Crippen LogP contribution in [-0.2, 0) is 6.54 Å². The Kier molecular flexibility index (Phi) is 2.86. The molecule has 1 N–H and O–H groups in total. The van der Waals surface area contributed by atoms with E-state index in [2.05, 4.69) is 15.2 Å². The van der Waals surface area contributed by atoms with Gasteiger partial charge in [-0.25, -0.2) is 9.50 Å². The van der Waals surface area contributed by atoms with E-state index < -0.39 is 0 Å². The highest BCUT2D eigenvalue weighted by Gasteiger charge is 2.10. The van der Waals surface area contributed by atoms with Gasteiger partial charge in [0.1, 0.15) is 0 Å². The summed E-state index contributed by atoms with van der Waals surface area (Å²) in [6.45, 7) is 0.470. The summed E-state index contributed by atoms with van der Waals surface area (Å²) in [6, 6.07) is 13.2. The molecule has 0 unspecified atom stereocenters. The van der Waals surface area contributed by atoms with Crippen LogP contribution in [0.25, 0.3) is 16.8 Å². The van der Waals surface area contributed by atoms with E-state index in [1.165, 1.54) is 10.6 Å². The Labute approximate surface area is 125 Å². The Balaban J connectivity index is 1.87. The number of rotatable bonds is 3. The topological polar surface area (TPSA) is 68.0 Å². The van der Waals surface area contributed by atoms with Gasteiger partial charge in [0, 0.05) is 30.2 Å². The zero-order valence-electron chi connectivity index (χ0n) is 11.7. The molecule has 0 aliphatic carbocycles. The first-order valence-electron chi connectivity index (χ1n) is 6.94. The molecule has 0 spiro atoms. The van der Waals surface area contributed by atoms with Crippen LogP contribution >= 0.6 is 0 Å². The first-order valence-corrected chi connectivity index (χ1v) is 6.94. The van der Waals surface area contributed by atoms with Crippen molar-refractivity contribution in [2.45, 2.75) is 6.54 Å². The van der Waals surface area contributed by atoms with Crippen LogP contribution < -0.4 is 5.56 Å². The third-order valence-corrected chi connectivity index (χ3v) is 3.52. The lowest BCUT2D eigenvalue weighted by Crippen LogP contribution is -2.17. The molecule has 0 aliphatic heterocycles. The van der Waals surface area contributed by atoms with Gasteiger partial charge in [0.05, 0.1) is 12.2 Å². The number of aromatic amines is 1. The van der Waals surface area contributed by atoms with Crippen LogP contribution in [0.1, 0.15) is 5.69 Å². The monoisotopic (exact) mass is 291 g/mol. The zero-order valence-corrected chi connectivity index (χ0v) is 11.7. The molecule has 0 atom stereocenters. The highest BCUT2D eigenvalue weighted by atomic mass is 16.1. The minimum Gasteiger partial charge on any atom is -0.296 e. The second-order valence-corrected chi connectivity index (χ2v) is 5.00. The minimum atomic E-state index is -0.130. The first kappa shape index (κ1) is 12.6. The predicted octanol–water partition coefficient (Wildman–Crippen LogP) is 1.93. The lowest BCUT2D eigenvalue weighted by atomic mass is 10.1. The molecule has 4 aromatic rings. The second-order valence-electron chi connectivity index (χ2n) is 5.00. The van der Waals surface area contributed by atoms with Crippen molar-refractivity contribution in [1.82, 2.24) is 24.4 Å². The molecular formula is C16H13N5O. The number of aromatic nitrogens is 5. The summed E-state index contributed by atoms with van der Waals surface area (Å²) >= 11 is 0. The summed E-state index contributed by atoms with van der Waals surface area (Å²) in [5.41, 5.74) is 3.10. The number of fused-ring (bicyclic) bond motifs is 1. The summed E-state index contributed by atoms with van der Waals surface area (Å²) < 4.78 is 3.20. The fraction of sp³-hybridized carbons (Fsp3) is 0.0625. The Morgan fingerprint density at radius 1 is 1.14 bits per heavy atom. The van der Waals surface area contributed by atoms with Crippen LogP contribution in [0.2, 0.25) is 0 Å². The lowest BCUT2D eigenvalue weighted by Gasteiger charge is -2.03. The first-order chi connectivity index (χ1) is 10.8. The molecule has 6 heteroatoms. The molecule has 0 amide bonds. The molecule has 0 saturated carbocycles. The maximum atomic E-state index is 12.2. The molecule has 6 nitrogen and oxygen atoms in total. The van der Waals surface area contributed by atoms with Gasteiger partial charge >= 0.3 is 0 Å². The molecule has 0 aliphatic rings. The highest BCUT2D eigenvalue weighted by molar-refractivity contribution is 5.76. The lowest BCUT2D eigenvalue weighted by molar-refractivity contribution is 0.669. The van der Waals surface area contributed by atoms with Crippen molar-refractivity contribution in [1.29, 1.82) is 0 Å². The molecule has 0 saturated heterocycles. The number of hydrogen-bond donors (Lipinski definition) is 1. The van der Waals surface area contributed by atoms with Gasteiger partial charge in [-0.15, -0.1) is 0 Å². The van der Waals surface area contributed by atoms with Gasteiger partial charge in [0.2, 0.25) is 0 Å². The summed E-state index contributed by atoms with van der Waals surface area (Å²) in [6.07, 6.45) is 5.35. The molecule has 3 aromatic heterocycles. The molecular weight excluding hydrogens is 278 g/mol. The average molecular weight is 291 g/mol. The largest absolute Gasteiger partial charge is 0.296 e. The zero-order chi connectivity index (χ0) is 14.9. The van der Waals surface area contributed by atoms with E-state index in [0.717, 1.165) is 11.1 Å². The number of nitrogens with one attached hydrogen (secondary N) is 1. The summed E-state index contributed by atoms with van der Waals surface area (Å²) in [5, 5.41) is 7.11. The third-order valence-electron chi connectivity index (χ3n) is 3.52. The van der Waals surface area contributed by atoms with Crippen molar-refractivity contribution in [2.24, 2.45) is 0 Å².